The molecule has 0 aliphatic carbocycles. The number of halogens is 3. The number of alkyl halides is 3. The normalized spacial score (nSPS) is 16.8. The lowest BCUT2D eigenvalue weighted by molar-refractivity contribution is -0.136. The van der Waals surface area contributed by atoms with Gasteiger partial charge in [0.15, 0.2) is 12.2 Å². The molecule has 1 aliphatic rings. The van der Waals surface area contributed by atoms with Gasteiger partial charge in [-0.25, -0.2) is 23.4 Å². The van der Waals surface area contributed by atoms with Crippen LogP contribution < -0.4 is 5.32 Å². The first-order chi connectivity index (χ1) is 17.6. The highest BCUT2D eigenvalue weighted by Gasteiger charge is 2.34. The minimum atomic E-state index is -4.52. The number of para-hydroxylation sites is 1. The van der Waals surface area contributed by atoms with Crippen LogP contribution in [0.4, 0.5) is 19.0 Å². The number of benzene rings is 1. The van der Waals surface area contributed by atoms with Crippen molar-refractivity contribution in [2.75, 3.05) is 38.0 Å². The van der Waals surface area contributed by atoms with Crippen molar-refractivity contribution < 1.29 is 26.0 Å². The van der Waals surface area contributed by atoms with Gasteiger partial charge in [0.1, 0.15) is 16.4 Å². The van der Waals surface area contributed by atoms with E-state index in [2.05, 4.69) is 25.2 Å². The molecular weight excluding hydrogens is 529 g/mol. The molecule has 1 fully saturated rings. The summed E-state index contributed by atoms with van der Waals surface area (Å²) in [5, 5.41) is 3.48. The Bertz CT molecular complexity index is 1480. The van der Waals surface area contributed by atoms with Gasteiger partial charge in [-0.1, -0.05) is 6.07 Å². The third kappa shape index (κ3) is 5.32. The van der Waals surface area contributed by atoms with Crippen LogP contribution in [0.2, 0.25) is 0 Å². The van der Waals surface area contributed by atoms with Gasteiger partial charge >= 0.3 is 6.18 Å². The zero-order valence-electron chi connectivity index (χ0n) is 19.6. The van der Waals surface area contributed by atoms with Crippen molar-refractivity contribution in [2.24, 2.45) is 0 Å². The number of fused-ring (bicyclic) bond motifs is 1. The fourth-order valence-corrected chi connectivity index (χ4v) is 7.14. The summed E-state index contributed by atoms with van der Waals surface area (Å²) in [7, 11) is -3.63. The third-order valence-electron chi connectivity index (χ3n) is 6.07. The Balaban J connectivity index is 1.21. The lowest BCUT2D eigenvalue weighted by atomic mass is 10.1. The molecule has 5 rings (SSSR count). The number of hydrogen-bond acceptors (Lipinski definition) is 9. The van der Waals surface area contributed by atoms with Crippen LogP contribution in [0.1, 0.15) is 12.5 Å². The monoisotopic (exact) mass is 552 g/mol. The highest BCUT2D eigenvalue weighted by atomic mass is 32.2. The second kappa shape index (κ2) is 10.0. The van der Waals surface area contributed by atoms with Crippen molar-refractivity contribution in [1.82, 2.24) is 24.2 Å². The lowest BCUT2D eigenvalue weighted by Gasteiger charge is -2.35. The van der Waals surface area contributed by atoms with Gasteiger partial charge in [0, 0.05) is 44.2 Å². The van der Waals surface area contributed by atoms with Crippen LogP contribution in [0.25, 0.3) is 21.5 Å². The zero-order valence-corrected chi connectivity index (χ0v) is 21.3. The number of rotatable bonds is 7. The summed E-state index contributed by atoms with van der Waals surface area (Å²) in [5.41, 5.74) is -0.960. The summed E-state index contributed by atoms with van der Waals surface area (Å²) in [4.78, 5) is 14.7. The fourth-order valence-electron chi connectivity index (χ4n) is 4.31. The van der Waals surface area contributed by atoms with E-state index < -0.39 is 21.8 Å². The number of nitrogens with zero attached hydrogens (tertiary/aromatic N) is 5. The van der Waals surface area contributed by atoms with Gasteiger partial charge in [-0.05, 0) is 31.2 Å². The zero-order chi connectivity index (χ0) is 26.2. The van der Waals surface area contributed by atoms with Crippen molar-refractivity contribution in [3.8, 4) is 10.6 Å². The minimum Gasteiger partial charge on any atom is -0.443 e. The van der Waals surface area contributed by atoms with E-state index in [1.807, 2.05) is 6.92 Å². The second-order valence-electron chi connectivity index (χ2n) is 8.66. The maximum absolute atomic E-state index is 13.4. The number of anilines is 1. The first-order valence-electron chi connectivity index (χ1n) is 11.4. The van der Waals surface area contributed by atoms with Gasteiger partial charge in [0.2, 0.25) is 0 Å². The molecule has 14 heteroatoms. The fraction of sp³-hybridized carbons (Fsp3) is 0.348. The number of nitrogens with one attached hydrogen (secondary N) is 1. The average molecular weight is 553 g/mol. The predicted octanol–water partition coefficient (Wildman–Crippen LogP) is 4.17. The molecule has 0 radical (unpaired) electrons. The summed E-state index contributed by atoms with van der Waals surface area (Å²) < 4.78 is 73.3. The van der Waals surface area contributed by atoms with Gasteiger partial charge in [-0.3, -0.25) is 4.90 Å². The minimum absolute atomic E-state index is 0.154. The van der Waals surface area contributed by atoms with E-state index in [9.17, 15) is 21.6 Å². The molecule has 1 saturated heterocycles. The van der Waals surface area contributed by atoms with E-state index in [1.165, 1.54) is 23.0 Å². The maximum atomic E-state index is 13.4. The molecule has 1 N–H and O–H groups in total. The SMILES string of the molecule is C[C@@H](CN1CCN(S(=O)(=O)c2ccc(-c3cnco3)s2)CC1)Nc1ncnc2c(C(F)(F)F)cccc12. The molecule has 3 aromatic heterocycles. The number of hydrogen-bond donors (Lipinski definition) is 1. The van der Waals surface area contributed by atoms with Gasteiger partial charge < -0.3 is 9.73 Å². The first kappa shape index (κ1) is 25.6. The Labute approximate surface area is 215 Å². The average Bonchev–Trinajstić information content (AvgIpc) is 3.56. The maximum Gasteiger partial charge on any atom is 0.418 e. The number of oxazole rings is 1. The molecule has 1 aliphatic heterocycles. The molecule has 9 nitrogen and oxygen atoms in total. The van der Waals surface area contributed by atoms with E-state index in [1.54, 1.807) is 18.2 Å². The van der Waals surface area contributed by atoms with Crippen LogP contribution in [0.3, 0.4) is 0 Å². The van der Waals surface area contributed by atoms with E-state index in [4.69, 9.17) is 4.42 Å². The molecule has 4 heterocycles. The quantitative estimate of drug-likeness (QED) is 0.364. The van der Waals surface area contributed by atoms with Crippen LogP contribution in [-0.4, -0.2) is 71.3 Å². The van der Waals surface area contributed by atoms with E-state index in [0.717, 1.165) is 23.7 Å². The Kier molecular flexibility index (Phi) is 6.91. The lowest BCUT2D eigenvalue weighted by Crippen LogP contribution is -2.50. The Hall–Kier alpha value is -3.07. The molecule has 37 heavy (non-hydrogen) atoms. The van der Waals surface area contributed by atoms with Crippen LogP contribution in [-0.2, 0) is 16.2 Å². The smallest absolute Gasteiger partial charge is 0.418 e. The van der Waals surface area contributed by atoms with Gasteiger partial charge in [-0.2, -0.15) is 17.5 Å². The molecule has 0 unspecified atom stereocenters. The summed E-state index contributed by atoms with van der Waals surface area (Å²) in [6.45, 7) is 4.17. The predicted molar refractivity (Wildman–Crippen MR) is 133 cm³/mol. The highest BCUT2D eigenvalue weighted by molar-refractivity contribution is 7.91. The topological polar surface area (TPSA) is 104 Å². The molecule has 0 amide bonds. The number of thiophene rings is 1. The molecule has 0 spiro atoms. The summed E-state index contributed by atoms with van der Waals surface area (Å²) in [6, 6.07) is 7.02. The van der Waals surface area contributed by atoms with Gasteiger partial charge in [-0.15, -0.1) is 11.3 Å². The molecule has 0 saturated carbocycles. The highest BCUT2D eigenvalue weighted by Crippen LogP contribution is 2.35. The van der Waals surface area contributed by atoms with Crippen LogP contribution in [0.5, 0.6) is 0 Å². The van der Waals surface area contributed by atoms with Crippen molar-refractivity contribution >= 4 is 38.1 Å². The molecule has 1 atom stereocenters. The second-order valence-corrected chi connectivity index (χ2v) is 11.9. The van der Waals surface area contributed by atoms with Crippen LogP contribution in [0, 0.1) is 0 Å². The molecule has 4 aromatic rings. The van der Waals surface area contributed by atoms with Crippen molar-refractivity contribution in [3.63, 3.8) is 0 Å². The Morgan fingerprint density at radius 1 is 1.14 bits per heavy atom. The Morgan fingerprint density at radius 3 is 2.62 bits per heavy atom. The standard InChI is InChI=1S/C23H23F3N6O3S2/c1-15(30-22-16-3-2-4-17(23(24,25)26)21(16)28-13-29-22)12-31-7-9-32(10-8-31)37(33,34)20-6-5-19(36-20)18-11-27-14-35-18/h2-6,11,13-15H,7-10,12H2,1H3,(H,28,29,30)/t15-/m0/s1. The molecule has 0 bridgehead atoms. The first-order valence-corrected chi connectivity index (χ1v) is 13.7. The number of sulfonamides is 1. The largest absolute Gasteiger partial charge is 0.443 e. The number of piperazine rings is 1. The van der Waals surface area contributed by atoms with E-state index in [0.29, 0.717) is 54.6 Å². The van der Waals surface area contributed by atoms with Gasteiger partial charge in [0.05, 0.1) is 22.2 Å². The van der Waals surface area contributed by atoms with Gasteiger partial charge in [0.25, 0.3) is 10.0 Å². The molecule has 1 aromatic carbocycles. The van der Waals surface area contributed by atoms with Crippen LogP contribution in [0.15, 0.2) is 57.9 Å². The van der Waals surface area contributed by atoms with Crippen LogP contribution >= 0.6 is 11.3 Å². The summed E-state index contributed by atoms with van der Waals surface area (Å²) in [5.74, 6) is 0.842. The molecule has 196 valence electrons. The molecular formula is C23H23F3N6O3S2. The van der Waals surface area contributed by atoms with Crippen molar-refractivity contribution in [2.45, 2.75) is 23.4 Å². The summed E-state index contributed by atoms with van der Waals surface area (Å²) in [6.07, 6.45) is -0.562. The Morgan fingerprint density at radius 2 is 1.92 bits per heavy atom. The van der Waals surface area contributed by atoms with E-state index in [-0.39, 0.29) is 15.8 Å². The number of aromatic nitrogens is 3. The summed E-state index contributed by atoms with van der Waals surface area (Å²) >= 11 is 1.14. The van der Waals surface area contributed by atoms with Crippen molar-refractivity contribution in [1.29, 1.82) is 0 Å². The van der Waals surface area contributed by atoms with Crippen molar-refractivity contribution in [3.05, 3.63) is 54.8 Å². The van der Waals surface area contributed by atoms with E-state index >= 15 is 0 Å². The third-order valence-corrected chi connectivity index (χ3v) is 9.53.